The molecule has 2 aromatic carbocycles. The third kappa shape index (κ3) is 3.74. The van der Waals surface area contributed by atoms with Crippen molar-refractivity contribution < 1.29 is 21.6 Å². The van der Waals surface area contributed by atoms with Gasteiger partial charge in [-0.05, 0) is 30.7 Å². The maximum atomic E-state index is 12.9. The summed E-state index contributed by atoms with van der Waals surface area (Å²) in [5.74, 6) is 0. The van der Waals surface area contributed by atoms with Gasteiger partial charge in [0.15, 0.2) is 0 Å². The fraction of sp³-hybridized carbons (Fsp3) is 0.250. The molecule has 24 heavy (non-hydrogen) atoms. The molecule has 130 valence electrons. The van der Waals surface area contributed by atoms with E-state index in [1.54, 1.807) is 37.3 Å². The van der Waals surface area contributed by atoms with Crippen LogP contribution in [0.5, 0.6) is 0 Å². The Morgan fingerprint density at radius 2 is 1.67 bits per heavy atom. The van der Waals surface area contributed by atoms with Crippen LogP contribution >= 0.6 is 11.6 Å². The smallest absolute Gasteiger partial charge is 0.207 e. The molecule has 0 fully saturated rings. The molecule has 0 bridgehead atoms. The number of alkyl halides is 3. The van der Waals surface area contributed by atoms with E-state index in [9.17, 15) is 21.6 Å². The Morgan fingerprint density at radius 1 is 1.08 bits per heavy atom. The molecular weight excluding hydrogens is 363 g/mol. The van der Waals surface area contributed by atoms with Gasteiger partial charge < -0.3 is 0 Å². The monoisotopic (exact) mass is 377 g/mol. The Bertz CT molecular complexity index is 823. The van der Waals surface area contributed by atoms with Crippen LogP contribution in [-0.2, 0) is 16.2 Å². The minimum atomic E-state index is -4.73. The number of rotatable bonds is 4. The predicted molar refractivity (Wildman–Crippen MR) is 86.3 cm³/mol. The second-order valence-electron chi connectivity index (χ2n) is 5.25. The van der Waals surface area contributed by atoms with E-state index < -0.39 is 37.7 Å². The molecule has 2 rings (SSSR count). The first kappa shape index (κ1) is 18.8. The van der Waals surface area contributed by atoms with Crippen molar-refractivity contribution in [2.75, 3.05) is 7.05 Å². The summed E-state index contributed by atoms with van der Waals surface area (Å²) >= 11 is 5.54. The van der Waals surface area contributed by atoms with Gasteiger partial charge in [-0.1, -0.05) is 41.9 Å². The fourth-order valence-corrected chi connectivity index (χ4v) is 3.80. The highest BCUT2D eigenvalue weighted by Crippen LogP contribution is 2.37. The molecular formula is C16H15ClF3NO2S. The third-order valence-electron chi connectivity index (χ3n) is 3.75. The molecule has 8 heteroatoms. The van der Waals surface area contributed by atoms with E-state index >= 15 is 0 Å². The van der Waals surface area contributed by atoms with Crippen LogP contribution in [0.15, 0.2) is 53.4 Å². The predicted octanol–water partition coefficient (Wildman–Crippen LogP) is 4.74. The first-order valence-corrected chi connectivity index (χ1v) is 8.76. The summed E-state index contributed by atoms with van der Waals surface area (Å²) in [4.78, 5) is -0.454. The van der Waals surface area contributed by atoms with E-state index in [4.69, 9.17) is 11.6 Å². The Kier molecular flexibility index (Phi) is 5.27. The van der Waals surface area contributed by atoms with E-state index in [2.05, 4.69) is 0 Å². The largest absolute Gasteiger partial charge is 0.417 e. The second kappa shape index (κ2) is 6.74. The van der Waals surface area contributed by atoms with Crippen molar-refractivity contribution in [3.8, 4) is 0 Å². The van der Waals surface area contributed by atoms with E-state index in [0.29, 0.717) is 6.07 Å². The van der Waals surface area contributed by atoms with Crippen LogP contribution in [0.2, 0.25) is 5.02 Å². The number of nitrogens with zero attached hydrogens (tertiary/aromatic N) is 1. The SMILES string of the molecule is C[C@@H](c1ccccc1)N(C)S(=O)(=O)c1ccc(Cl)c(C(F)(F)F)c1. The topological polar surface area (TPSA) is 37.4 Å². The minimum absolute atomic E-state index is 0.454. The van der Waals surface area contributed by atoms with Crippen LogP contribution in [-0.4, -0.2) is 19.8 Å². The molecule has 0 aliphatic rings. The lowest BCUT2D eigenvalue weighted by Gasteiger charge is -2.25. The normalized spacial score (nSPS) is 14.0. The van der Waals surface area contributed by atoms with E-state index in [-0.39, 0.29) is 0 Å². The number of sulfonamides is 1. The van der Waals surface area contributed by atoms with Gasteiger partial charge in [-0.3, -0.25) is 0 Å². The van der Waals surface area contributed by atoms with E-state index in [0.717, 1.165) is 22.0 Å². The maximum absolute atomic E-state index is 12.9. The van der Waals surface area contributed by atoms with Gasteiger partial charge in [0.1, 0.15) is 0 Å². The summed E-state index contributed by atoms with van der Waals surface area (Å²) in [7, 11) is -2.78. The Morgan fingerprint density at radius 3 is 2.21 bits per heavy atom. The average molecular weight is 378 g/mol. The number of hydrogen-bond acceptors (Lipinski definition) is 2. The molecule has 0 aliphatic carbocycles. The van der Waals surface area contributed by atoms with Crippen molar-refractivity contribution in [2.24, 2.45) is 0 Å². The first-order chi connectivity index (χ1) is 11.0. The zero-order valence-corrected chi connectivity index (χ0v) is 14.5. The van der Waals surface area contributed by atoms with Gasteiger partial charge in [-0.15, -0.1) is 0 Å². The van der Waals surface area contributed by atoms with Gasteiger partial charge in [-0.25, -0.2) is 8.42 Å². The van der Waals surface area contributed by atoms with Crippen molar-refractivity contribution in [2.45, 2.75) is 24.0 Å². The number of halogens is 4. The van der Waals surface area contributed by atoms with Crippen molar-refractivity contribution >= 4 is 21.6 Å². The van der Waals surface area contributed by atoms with Gasteiger partial charge in [0, 0.05) is 13.1 Å². The summed E-state index contributed by atoms with van der Waals surface area (Å²) in [6, 6.07) is 10.8. The van der Waals surface area contributed by atoms with Crippen molar-refractivity contribution in [3.05, 3.63) is 64.7 Å². The van der Waals surface area contributed by atoms with Gasteiger partial charge in [0.25, 0.3) is 0 Å². The summed E-state index contributed by atoms with van der Waals surface area (Å²) < 4.78 is 65.2. The first-order valence-electron chi connectivity index (χ1n) is 6.95. The second-order valence-corrected chi connectivity index (χ2v) is 7.65. The molecule has 0 radical (unpaired) electrons. The van der Waals surface area contributed by atoms with Crippen LogP contribution in [0.3, 0.4) is 0 Å². The molecule has 0 amide bonds. The average Bonchev–Trinajstić information content (AvgIpc) is 2.53. The molecule has 0 saturated heterocycles. The molecule has 0 N–H and O–H groups in total. The molecule has 0 saturated carbocycles. The van der Waals surface area contributed by atoms with E-state index in [1.165, 1.54) is 7.05 Å². The highest BCUT2D eigenvalue weighted by atomic mass is 35.5. The lowest BCUT2D eigenvalue weighted by Crippen LogP contribution is -2.30. The quantitative estimate of drug-likeness (QED) is 0.771. The molecule has 2 aromatic rings. The fourth-order valence-electron chi connectivity index (χ4n) is 2.20. The highest BCUT2D eigenvalue weighted by molar-refractivity contribution is 7.89. The molecule has 0 aliphatic heterocycles. The van der Waals surface area contributed by atoms with Crippen LogP contribution in [0.1, 0.15) is 24.1 Å². The third-order valence-corrected chi connectivity index (χ3v) is 6.00. The van der Waals surface area contributed by atoms with Crippen molar-refractivity contribution in [1.29, 1.82) is 0 Å². The van der Waals surface area contributed by atoms with Gasteiger partial charge in [0.2, 0.25) is 10.0 Å². The summed E-state index contributed by atoms with van der Waals surface area (Å²) in [6.45, 7) is 1.66. The summed E-state index contributed by atoms with van der Waals surface area (Å²) in [6.07, 6.45) is -4.73. The highest BCUT2D eigenvalue weighted by Gasteiger charge is 2.35. The van der Waals surface area contributed by atoms with E-state index in [1.807, 2.05) is 0 Å². The standard InChI is InChI=1S/C16H15ClF3NO2S/c1-11(12-6-4-3-5-7-12)21(2)24(22,23)13-8-9-15(17)14(10-13)16(18,19)20/h3-11H,1-2H3/t11-/m0/s1. The molecule has 0 heterocycles. The molecule has 0 aromatic heterocycles. The summed E-state index contributed by atoms with van der Waals surface area (Å²) in [5.41, 5.74) is -0.445. The minimum Gasteiger partial charge on any atom is -0.207 e. The molecule has 0 spiro atoms. The molecule has 1 atom stereocenters. The van der Waals surface area contributed by atoms with Gasteiger partial charge >= 0.3 is 6.18 Å². The maximum Gasteiger partial charge on any atom is 0.417 e. The van der Waals surface area contributed by atoms with Gasteiger partial charge in [0.05, 0.1) is 15.5 Å². The lowest BCUT2D eigenvalue weighted by atomic mass is 10.1. The van der Waals surface area contributed by atoms with Crippen LogP contribution in [0.25, 0.3) is 0 Å². The Labute approximate surface area is 143 Å². The van der Waals surface area contributed by atoms with Crippen molar-refractivity contribution in [1.82, 2.24) is 4.31 Å². The lowest BCUT2D eigenvalue weighted by molar-refractivity contribution is -0.137. The van der Waals surface area contributed by atoms with Crippen LogP contribution in [0, 0.1) is 0 Å². The molecule has 0 unspecified atom stereocenters. The zero-order chi connectivity index (χ0) is 18.1. The van der Waals surface area contributed by atoms with Crippen LogP contribution in [0.4, 0.5) is 13.2 Å². The Balaban J connectivity index is 2.44. The summed E-state index contributed by atoms with van der Waals surface area (Å²) in [5, 5.41) is -0.541. The zero-order valence-electron chi connectivity index (χ0n) is 12.9. The van der Waals surface area contributed by atoms with Gasteiger partial charge in [-0.2, -0.15) is 17.5 Å². The Hall–Kier alpha value is -1.57. The molecule has 3 nitrogen and oxygen atoms in total. The van der Waals surface area contributed by atoms with Crippen LogP contribution < -0.4 is 0 Å². The van der Waals surface area contributed by atoms with Crippen molar-refractivity contribution in [3.63, 3.8) is 0 Å². The number of benzene rings is 2. The number of hydrogen-bond donors (Lipinski definition) is 0.